The van der Waals surface area contributed by atoms with Gasteiger partial charge in [-0.25, -0.2) is 4.68 Å². The molecule has 1 N–H and O–H groups in total. The van der Waals surface area contributed by atoms with Crippen molar-refractivity contribution in [1.29, 1.82) is 0 Å². The first-order chi connectivity index (χ1) is 14.2. The van der Waals surface area contributed by atoms with Gasteiger partial charge in [-0.05, 0) is 23.9 Å². The van der Waals surface area contributed by atoms with E-state index in [0.29, 0.717) is 23.9 Å². The number of benzene rings is 1. The minimum atomic E-state index is -0.411. The number of ketones is 1. The van der Waals surface area contributed by atoms with Crippen molar-refractivity contribution in [3.05, 3.63) is 63.7 Å². The molecule has 0 bridgehead atoms. The van der Waals surface area contributed by atoms with E-state index in [1.54, 1.807) is 30.2 Å². The molecular formula is C21H20N4O3S. The molecule has 3 heterocycles. The van der Waals surface area contributed by atoms with E-state index >= 15 is 0 Å². The molecule has 3 aromatic rings. The summed E-state index contributed by atoms with van der Waals surface area (Å²) in [6.07, 6.45) is 2.74. The number of nitrogens with zero attached hydrogens (tertiary/aromatic N) is 3. The van der Waals surface area contributed by atoms with Crippen molar-refractivity contribution in [2.24, 2.45) is 0 Å². The van der Waals surface area contributed by atoms with Crippen LogP contribution in [0, 0.1) is 0 Å². The molecule has 0 unspecified atom stereocenters. The number of rotatable bonds is 4. The molecule has 1 aliphatic heterocycles. The Balaban J connectivity index is 1.66. The van der Waals surface area contributed by atoms with Crippen LogP contribution in [0.1, 0.15) is 35.2 Å². The number of allylic oxidation sites excluding steroid dienone is 2. The van der Waals surface area contributed by atoms with Crippen molar-refractivity contribution in [1.82, 2.24) is 14.8 Å². The van der Waals surface area contributed by atoms with Gasteiger partial charge in [-0.3, -0.25) is 4.79 Å². The second kappa shape index (κ2) is 7.04. The number of Topliss-reactive ketones (excluding diaryl/α,β-unsaturated/α-hetero) is 1. The monoisotopic (exact) mass is 408 g/mol. The SMILES string of the molecule is COc1cccc([C@@H]2C3=C(C[C@H](c4cccs4)CC3=O)Nc3ncnn32)c1OC. The molecule has 1 aromatic carbocycles. The van der Waals surface area contributed by atoms with Crippen molar-refractivity contribution < 1.29 is 14.3 Å². The average molecular weight is 408 g/mol. The molecule has 0 radical (unpaired) electrons. The van der Waals surface area contributed by atoms with Gasteiger partial charge in [0.2, 0.25) is 5.95 Å². The van der Waals surface area contributed by atoms with E-state index in [2.05, 4.69) is 26.8 Å². The Kier molecular flexibility index (Phi) is 4.35. The summed E-state index contributed by atoms with van der Waals surface area (Å²) >= 11 is 1.69. The van der Waals surface area contributed by atoms with E-state index in [9.17, 15) is 4.79 Å². The molecule has 0 saturated carbocycles. The molecule has 8 heteroatoms. The summed E-state index contributed by atoms with van der Waals surface area (Å²) in [4.78, 5) is 19.0. The van der Waals surface area contributed by atoms with Crippen LogP contribution in [0.3, 0.4) is 0 Å². The number of anilines is 1. The predicted octanol–water partition coefficient (Wildman–Crippen LogP) is 3.77. The summed E-state index contributed by atoms with van der Waals surface area (Å²) in [5.41, 5.74) is 2.47. The standard InChI is InChI=1S/C21H20N4O3S/c1-27-16-6-3-5-13(20(16)28-2)19-18-14(24-21-22-11-23-25(19)21)9-12(10-15(18)26)17-7-4-8-29-17/h3-8,11-12,19H,9-10H2,1-2H3,(H,22,23,24)/t12-,19+/m0/s1. The van der Waals surface area contributed by atoms with Crippen LogP contribution in [0.2, 0.25) is 0 Å². The smallest absolute Gasteiger partial charge is 0.226 e. The number of ether oxygens (including phenoxy) is 2. The fraction of sp³-hybridized carbons (Fsp3) is 0.286. The first kappa shape index (κ1) is 17.9. The minimum absolute atomic E-state index is 0.119. The first-order valence-electron chi connectivity index (χ1n) is 9.38. The van der Waals surface area contributed by atoms with Crippen molar-refractivity contribution in [3.8, 4) is 11.5 Å². The average Bonchev–Trinajstić information content (AvgIpc) is 3.43. The zero-order chi connectivity index (χ0) is 20.0. The third kappa shape index (κ3) is 2.82. The Morgan fingerprint density at radius 3 is 2.83 bits per heavy atom. The second-order valence-corrected chi connectivity index (χ2v) is 8.05. The molecule has 0 fully saturated rings. The van der Waals surface area contributed by atoms with Gasteiger partial charge in [0.15, 0.2) is 17.3 Å². The summed E-state index contributed by atoms with van der Waals surface area (Å²) in [5, 5.41) is 9.80. The number of hydrogen-bond acceptors (Lipinski definition) is 7. The molecule has 2 aliphatic rings. The number of thiophene rings is 1. The number of nitrogens with one attached hydrogen (secondary N) is 1. The number of methoxy groups -OCH3 is 2. The van der Waals surface area contributed by atoms with Crippen molar-refractivity contribution >= 4 is 23.1 Å². The number of hydrogen-bond donors (Lipinski definition) is 1. The predicted molar refractivity (Wildman–Crippen MR) is 110 cm³/mol. The van der Waals surface area contributed by atoms with Gasteiger partial charge >= 0.3 is 0 Å². The van der Waals surface area contributed by atoms with E-state index in [1.165, 1.54) is 11.2 Å². The number of para-hydroxylation sites is 1. The molecule has 7 nitrogen and oxygen atoms in total. The maximum absolute atomic E-state index is 13.4. The van der Waals surface area contributed by atoms with Crippen LogP contribution in [0.25, 0.3) is 0 Å². The fourth-order valence-corrected chi connectivity index (χ4v) is 5.12. The van der Waals surface area contributed by atoms with Crippen LogP contribution < -0.4 is 14.8 Å². The lowest BCUT2D eigenvalue weighted by atomic mass is 9.80. The maximum Gasteiger partial charge on any atom is 0.226 e. The zero-order valence-electron chi connectivity index (χ0n) is 16.1. The fourth-order valence-electron chi connectivity index (χ4n) is 4.29. The number of carbonyl (C=O) groups excluding carboxylic acids is 1. The lowest BCUT2D eigenvalue weighted by Crippen LogP contribution is -2.33. The highest BCUT2D eigenvalue weighted by Gasteiger charge is 2.40. The van der Waals surface area contributed by atoms with Gasteiger partial charge in [0.1, 0.15) is 12.4 Å². The van der Waals surface area contributed by atoms with Crippen molar-refractivity contribution in [3.63, 3.8) is 0 Å². The van der Waals surface area contributed by atoms with Crippen molar-refractivity contribution in [2.45, 2.75) is 24.8 Å². The van der Waals surface area contributed by atoms with Gasteiger partial charge in [-0.15, -0.1) is 11.3 Å². The normalized spacial score (nSPS) is 20.7. The summed E-state index contributed by atoms with van der Waals surface area (Å²) in [7, 11) is 3.21. The van der Waals surface area contributed by atoms with E-state index in [4.69, 9.17) is 9.47 Å². The molecular weight excluding hydrogens is 388 g/mol. The molecule has 0 spiro atoms. The van der Waals surface area contributed by atoms with Gasteiger partial charge in [0, 0.05) is 34.0 Å². The number of fused-ring (bicyclic) bond motifs is 1. The quantitative estimate of drug-likeness (QED) is 0.708. The molecule has 148 valence electrons. The van der Waals surface area contributed by atoms with Gasteiger partial charge < -0.3 is 14.8 Å². The highest BCUT2D eigenvalue weighted by Crippen LogP contribution is 2.47. The lowest BCUT2D eigenvalue weighted by molar-refractivity contribution is -0.116. The lowest BCUT2D eigenvalue weighted by Gasteiger charge is -2.35. The highest BCUT2D eigenvalue weighted by molar-refractivity contribution is 7.10. The molecule has 5 rings (SSSR count). The number of aromatic nitrogens is 3. The van der Waals surface area contributed by atoms with Gasteiger partial charge in [0.25, 0.3) is 0 Å². The summed E-state index contributed by atoms with van der Waals surface area (Å²) in [5.74, 6) is 2.14. The molecule has 2 aromatic heterocycles. The summed E-state index contributed by atoms with van der Waals surface area (Å²) in [6.45, 7) is 0. The van der Waals surface area contributed by atoms with Gasteiger partial charge in [0.05, 0.1) is 14.2 Å². The number of carbonyl (C=O) groups is 1. The van der Waals surface area contributed by atoms with Crippen LogP contribution in [0.4, 0.5) is 5.95 Å². The van der Waals surface area contributed by atoms with E-state index < -0.39 is 6.04 Å². The molecule has 0 amide bonds. The summed E-state index contributed by atoms with van der Waals surface area (Å²) < 4.78 is 12.9. The molecule has 2 atom stereocenters. The van der Waals surface area contributed by atoms with Crippen LogP contribution in [0.5, 0.6) is 11.5 Å². The third-order valence-electron chi connectivity index (χ3n) is 5.54. The van der Waals surface area contributed by atoms with Crippen LogP contribution in [-0.2, 0) is 4.79 Å². The largest absolute Gasteiger partial charge is 0.493 e. The molecule has 29 heavy (non-hydrogen) atoms. The third-order valence-corrected chi connectivity index (χ3v) is 6.57. The second-order valence-electron chi connectivity index (χ2n) is 7.07. The Bertz CT molecular complexity index is 1100. The van der Waals surface area contributed by atoms with E-state index in [-0.39, 0.29) is 11.7 Å². The molecule has 1 aliphatic carbocycles. The zero-order valence-corrected chi connectivity index (χ0v) is 16.9. The Hall–Kier alpha value is -3.13. The first-order valence-corrected chi connectivity index (χ1v) is 10.3. The Morgan fingerprint density at radius 1 is 1.17 bits per heavy atom. The topological polar surface area (TPSA) is 78.3 Å². The Morgan fingerprint density at radius 2 is 2.07 bits per heavy atom. The highest BCUT2D eigenvalue weighted by atomic mass is 32.1. The molecule has 0 saturated heterocycles. The minimum Gasteiger partial charge on any atom is -0.493 e. The van der Waals surface area contributed by atoms with Gasteiger partial charge in [-0.2, -0.15) is 10.1 Å². The van der Waals surface area contributed by atoms with E-state index in [1.807, 2.05) is 24.3 Å². The van der Waals surface area contributed by atoms with Crippen LogP contribution >= 0.6 is 11.3 Å². The van der Waals surface area contributed by atoms with Gasteiger partial charge in [-0.1, -0.05) is 18.2 Å². The summed E-state index contributed by atoms with van der Waals surface area (Å²) in [6, 6.07) is 9.41. The van der Waals surface area contributed by atoms with Crippen LogP contribution in [-0.4, -0.2) is 34.8 Å². The maximum atomic E-state index is 13.4. The Labute approximate surface area is 172 Å². The van der Waals surface area contributed by atoms with Crippen LogP contribution in [0.15, 0.2) is 53.3 Å². The van der Waals surface area contributed by atoms with E-state index in [0.717, 1.165) is 23.3 Å². The van der Waals surface area contributed by atoms with Crippen molar-refractivity contribution in [2.75, 3.05) is 19.5 Å².